The molecular weight excluding hydrogens is 369 g/mol. The van der Waals surface area contributed by atoms with Crippen LogP contribution in [0.2, 0.25) is 10.0 Å². The van der Waals surface area contributed by atoms with E-state index in [-0.39, 0.29) is 5.91 Å². The van der Waals surface area contributed by atoms with Crippen LogP contribution in [0, 0.1) is 0 Å². The van der Waals surface area contributed by atoms with E-state index in [1.54, 1.807) is 35.6 Å². The Balaban J connectivity index is 2.03. The average molecular weight is 377 g/mol. The Morgan fingerprint density at radius 1 is 1.32 bits per heavy atom. The Morgan fingerprint density at radius 2 is 2.11 bits per heavy atom. The van der Waals surface area contributed by atoms with E-state index in [1.807, 2.05) is 11.4 Å². The van der Waals surface area contributed by atoms with Crippen molar-refractivity contribution in [3.05, 3.63) is 55.1 Å². The van der Waals surface area contributed by atoms with Gasteiger partial charge in [0.1, 0.15) is 0 Å². The standard InChI is InChI=1S/C13H8BrCl2NOS/c14-8-5-10(19-7-8)2-4-13(18)17-12-3-1-9(15)6-11(12)16/h1-7H,(H,17,18). The molecule has 1 aromatic heterocycles. The van der Waals surface area contributed by atoms with Crippen LogP contribution < -0.4 is 5.32 Å². The molecule has 0 spiro atoms. The number of halogens is 3. The summed E-state index contributed by atoms with van der Waals surface area (Å²) in [5.41, 5.74) is 0.535. The van der Waals surface area contributed by atoms with Crippen LogP contribution in [0.15, 0.2) is 40.2 Å². The fourth-order valence-electron chi connectivity index (χ4n) is 1.34. The van der Waals surface area contributed by atoms with Crippen molar-refractivity contribution < 1.29 is 4.79 Å². The van der Waals surface area contributed by atoms with Crippen LogP contribution in [0.3, 0.4) is 0 Å². The summed E-state index contributed by atoms with van der Waals surface area (Å²) in [6.07, 6.45) is 3.21. The lowest BCUT2D eigenvalue weighted by Crippen LogP contribution is -2.07. The summed E-state index contributed by atoms with van der Waals surface area (Å²) >= 11 is 16.7. The van der Waals surface area contributed by atoms with Crippen molar-refractivity contribution in [3.8, 4) is 0 Å². The van der Waals surface area contributed by atoms with Gasteiger partial charge in [0.05, 0.1) is 10.7 Å². The third-order valence-corrected chi connectivity index (χ3v) is 4.38. The summed E-state index contributed by atoms with van der Waals surface area (Å²) in [6, 6.07) is 6.85. The molecule has 0 atom stereocenters. The fourth-order valence-corrected chi connectivity index (χ4v) is 3.13. The van der Waals surface area contributed by atoms with Crippen LogP contribution >= 0.6 is 50.5 Å². The molecule has 19 heavy (non-hydrogen) atoms. The molecule has 0 aliphatic heterocycles. The molecule has 1 amide bonds. The first-order valence-electron chi connectivity index (χ1n) is 5.23. The smallest absolute Gasteiger partial charge is 0.248 e. The van der Waals surface area contributed by atoms with E-state index in [2.05, 4.69) is 21.2 Å². The third-order valence-electron chi connectivity index (χ3n) is 2.18. The highest BCUT2D eigenvalue weighted by atomic mass is 79.9. The van der Waals surface area contributed by atoms with Gasteiger partial charge in [0.25, 0.3) is 0 Å². The van der Waals surface area contributed by atoms with Gasteiger partial charge >= 0.3 is 0 Å². The molecule has 2 nitrogen and oxygen atoms in total. The van der Waals surface area contributed by atoms with Gasteiger partial charge in [-0.15, -0.1) is 11.3 Å². The molecule has 0 bridgehead atoms. The number of rotatable bonds is 3. The predicted octanol–water partition coefficient (Wildman–Crippen LogP) is 5.47. The fraction of sp³-hybridized carbons (Fsp3) is 0. The van der Waals surface area contributed by atoms with E-state index in [1.165, 1.54) is 6.08 Å². The van der Waals surface area contributed by atoms with Crippen LogP contribution in [0.4, 0.5) is 5.69 Å². The topological polar surface area (TPSA) is 29.1 Å². The summed E-state index contributed by atoms with van der Waals surface area (Å²) in [5, 5.41) is 5.58. The quantitative estimate of drug-likeness (QED) is 0.707. The number of hydrogen-bond acceptors (Lipinski definition) is 2. The van der Waals surface area contributed by atoms with Crippen molar-refractivity contribution in [1.29, 1.82) is 0 Å². The summed E-state index contributed by atoms with van der Waals surface area (Å²) in [5.74, 6) is -0.242. The maximum absolute atomic E-state index is 11.7. The SMILES string of the molecule is O=C(C=Cc1cc(Br)cs1)Nc1ccc(Cl)cc1Cl. The van der Waals surface area contributed by atoms with Crippen molar-refractivity contribution in [2.24, 2.45) is 0 Å². The maximum atomic E-state index is 11.7. The van der Waals surface area contributed by atoms with Gasteiger partial charge in [-0.05, 0) is 46.3 Å². The summed E-state index contributed by atoms with van der Waals surface area (Å²) in [7, 11) is 0. The number of amides is 1. The first-order valence-corrected chi connectivity index (χ1v) is 7.65. The van der Waals surface area contributed by atoms with Gasteiger partial charge in [-0.1, -0.05) is 23.2 Å². The van der Waals surface area contributed by atoms with Crippen molar-refractivity contribution >= 4 is 68.1 Å². The molecule has 0 unspecified atom stereocenters. The Bertz CT molecular complexity index is 639. The lowest BCUT2D eigenvalue weighted by molar-refractivity contribution is -0.111. The molecular formula is C13H8BrCl2NOS. The molecule has 2 aromatic rings. The molecule has 0 saturated heterocycles. The summed E-state index contributed by atoms with van der Waals surface area (Å²) in [6.45, 7) is 0. The van der Waals surface area contributed by atoms with Gasteiger partial charge in [0.15, 0.2) is 0 Å². The van der Waals surface area contributed by atoms with E-state index < -0.39 is 0 Å². The number of hydrogen-bond donors (Lipinski definition) is 1. The molecule has 0 saturated carbocycles. The van der Waals surface area contributed by atoms with Crippen LogP contribution in [0.5, 0.6) is 0 Å². The maximum Gasteiger partial charge on any atom is 0.248 e. The number of carbonyl (C=O) groups is 1. The van der Waals surface area contributed by atoms with Gasteiger partial charge in [-0.2, -0.15) is 0 Å². The monoisotopic (exact) mass is 375 g/mol. The summed E-state index contributed by atoms with van der Waals surface area (Å²) in [4.78, 5) is 12.7. The number of nitrogens with one attached hydrogen (secondary N) is 1. The highest BCUT2D eigenvalue weighted by Crippen LogP contribution is 2.25. The number of anilines is 1. The molecule has 98 valence electrons. The number of thiophene rings is 1. The highest BCUT2D eigenvalue weighted by Gasteiger charge is 2.03. The van der Waals surface area contributed by atoms with Crippen LogP contribution in [0.1, 0.15) is 4.88 Å². The van der Waals surface area contributed by atoms with E-state index in [0.717, 1.165) is 9.35 Å². The van der Waals surface area contributed by atoms with Gasteiger partial charge in [-0.3, -0.25) is 4.79 Å². The van der Waals surface area contributed by atoms with E-state index >= 15 is 0 Å². The van der Waals surface area contributed by atoms with E-state index in [9.17, 15) is 4.79 Å². The Morgan fingerprint density at radius 3 is 2.74 bits per heavy atom. The third kappa shape index (κ3) is 4.35. The van der Waals surface area contributed by atoms with Gasteiger partial charge < -0.3 is 5.32 Å². The number of carbonyl (C=O) groups excluding carboxylic acids is 1. The molecule has 1 aromatic carbocycles. The van der Waals surface area contributed by atoms with Crippen molar-refractivity contribution in [1.82, 2.24) is 0 Å². The molecule has 2 rings (SSSR count). The minimum atomic E-state index is -0.242. The Kier molecular flexibility index (Phi) is 5.05. The molecule has 0 aliphatic carbocycles. The van der Waals surface area contributed by atoms with Crippen molar-refractivity contribution in [2.45, 2.75) is 0 Å². The molecule has 6 heteroatoms. The van der Waals surface area contributed by atoms with E-state index in [4.69, 9.17) is 23.2 Å². The predicted molar refractivity (Wildman–Crippen MR) is 86.1 cm³/mol. The van der Waals surface area contributed by atoms with Gasteiger partial charge in [-0.25, -0.2) is 0 Å². The zero-order chi connectivity index (χ0) is 13.8. The zero-order valence-electron chi connectivity index (χ0n) is 9.49. The Hall–Kier alpha value is -0.810. The first-order chi connectivity index (χ1) is 9.04. The van der Waals surface area contributed by atoms with Crippen LogP contribution in [-0.2, 0) is 4.79 Å². The zero-order valence-corrected chi connectivity index (χ0v) is 13.4. The second kappa shape index (κ2) is 6.57. The Labute approximate surface area is 133 Å². The van der Waals surface area contributed by atoms with Gasteiger partial charge in [0.2, 0.25) is 5.91 Å². The second-order valence-corrected chi connectivity index (χ2v) is 6.32. The molecule has 0 radical (unpaired) electrons. The number of benzene rings is 1. The average Bonchev–Trinajstić information content (AvgIpc) is 2.76. The molecule has 1 heterocycles. The van der Waals surface area contributed by atoms with Crippen LogP contribution in [0.25, 0.3) is 6.08 Å². The van der Waals surface area contributed by atoms with Crippen molar-refractivity contribution in [2.75, 3.05) is 5.32 Å². The molecule has 0 aliphatic rings. The second-order valence-electron chi connectivity index (χ2n) is 3.61. The first kappa shape index (κ1) is 14.6. The largest absolute Gasteiger partial charge is 0.321 e. The van der Waals surface area contributed by atoms with Gasteiger partial charge in [0, 0.05) is 25.8 Å². The van der Waals surface area contributed by atoms with Crippen LogP contribution in [-0.4, -0.2) is 5.91 Å². The highest BCUT2D eigenvalue weighted by molar-refractivity contribution is 9.10. The molecule has 0 fully saturated rings. The summed E-state index contributed by atoms with van der Waals surface area (Å²) < 4.78 is 0.998. The van der Waals surface area contributed by atoms with E-state index in [0.29, 0.717) is 15.7 Å². The minimum absolute atomic E-state index is 0.242. The minimum Gasteiger partial charge on any atom is -0.321 e. The lowest BCUT2D eigenvalue weighted by Gasteiger charge is -2.04. The normalized spacial score (nSPS) is 10.9. The molecule has 1 N–H and O–H groups in total. The lowest BCUT2D eigenvalue weighted by atomic mass is 10.3. The van der Waals surface area contributed by atoms with Crippen molar-refractivity contribution in [3.63, 3.8) is 0 Å².